The average Bonchev–Trinajstić information content (AvgIpc) is 3.57. The molecule has 45 heavy (non-hydrogen) atoms. The van der Waals surface area contributed by atoms with Crippen LogP contribution in [-0.4, -0.2) is 59.7 Å². The first-order valence-corrected chi connectivity index (χ1v) is 14.1. The number of alkyl halides is 7. The van der Waals surface area contributed by atoms with Crippen LogP contribution in [-0.2, 0) is 12.5 Å². The Labute approximate surface area is 268 Å². The standard InChI is InChI=1S/C26H21ClF7IN8O2/c1-12(2)37-22(44)16-8-14(35)7-13(3)20(16)38-23(45)18-9-15(40-43(18)21-17(27)5-4-6-36-21)10-42-11-19(39-41-42)24(28,29)25(30,31)26(32,33)34/h4-9,11-12H,10H2,1-3H3,(H,37,44)(H,38,45). The Kier molecular flexibility index (Phi) is 9.49. The predicted octanol–water partition coefficient (Wildman–Crippen LogP) is 6.15. The minimum absolute atomic E-state index is 0.0386. The summed E-state index contributed by atoms with van der Waals surface area (Å²) >= 11 is 8.29. The molecule has 1 aromatic carbocycles. The molecule has 10 nitrogen and oxygen atoms in total. The van der Waals surface area contributed by atoms with Crippen LogP contribution in [0, 0.1) is 10.5 Å². The zero-order valence-corrected chi connectivity index (χ0v) is 26.1. The number of nitrogens with one attached hydrogen (secondary N) is 2. The summed E-state index contributed by atoms with van der Waals surface area (Å²) in [5, 5.41) is 15.7. The van der Waals surface area contributed by atoms with Crippen molar-refractivity contribution in [2.45, 2.75) is 51.4 Å². The lowest BCUT2D eigenvalue weighted by atomic mass is 10.1. The van der Waals surface area contributed by atoms with Crippen molar-refractivity contribution in [1.82, 2.24) is 35.1 Å². The Morgan fingerprint density at radius 3 is 2.38 bits per heavy atom. The van der Waals surface area contributed by atoms with E-state index in [-0.39, 0.29) is 45.7 Å². The van der Waals surface area contributed by atoms with E-state index in [0.717, 1.165) is 8.25 Å². The van der Waals surface area contributed by atoms with Gasteiger partial charge in [-0.3, -0.25) is 9.59 Å². The molecule has 0 bridgehead atoms. The molecule has 19 heteroatoms. The van der Waals surface area contributed by atoms with Crippen LogP contribution in [0.3, 0.4) is 0 Å². The lowest BCUT2D eigenvalue weighted by molar-refractivity contribution is -0.360. The zero-order valence-electron chi connectivity index (χ0n) is 23.2. The van der Waals surface area contributed by atoms with Crippen molar-refractivity contribution in [2.75, 3.05) is 5.32 Å². The highest BCUT2D eigenvalue weighted by molar-refractivity contribution is 14.1. The monoisotopic (exact) mass is 772 g/mol. The molecule has 0 unspecified atom stereocenters. The molecule has 2 N–H and O–H groups in total. The van der Waals surface area contributed by atoms with Crippen molar-refractivity contribution >= 4 is 51.7 Å². The average molecular weight is 773 g/mol. The maximum absolute atomic E-state index is 14.1. The number of hydrogen-bond donors (Lipinski definition) is 2. The van der Waals surface area contributed by atoms with Gasteiger partial charge >= 0.3 is 18.0 Å². The first-order chi connectivity index (χ1) is 20.8. The fraction of sp³-hybridized carbons (Fsp3) is 0.308. The summed E-state index contributed by atoms with van der Waals surface area (Å²) in [7, 11) is 0. The van der Waals surface area contributed by atoms with Gasteiger partial charge in [0, 0.05) is 15.8 Å². The number of carbonyl (C=O) groups is 2. The topological polar surface area (TPSA) is 120 Å². The number of aromatic nitrogens is 6. The predicted molar refractivity (Wildman–Crippen MR) is 155 cm³/mol. The fourth-order valence-electron chi connectivity index (χ4n) is 3.99. The molecule has 3 aromatic heterocycles. The van der Waals surface area contributed by atoms with Crippen molar-refractivity contribution in [3.63, 3.8) is 0 Å². The van der Waals surface area contributed by atoms with E-state index in [2.05, 4.69) is 31.0 Å². The smallest absolute Gasteiger partial charge is 0.350 e. The van der Waals surface area contributed by atoms with Crippen LogP contribution < -0.4 is 10.6 Å². The van der Waals surface area contributed by atoms with E-state index in [9.17, 15) is 40.3 Å². The minimum Gasteiger partial charge on any atom is -0.350 e. The van der Waals surface area contributed by atoms with Crippen LogP contribution in [0.15, 0.2) is 42.7 Å². The lowest BCUT2D eigenvalue weighted by Crippen LogP contribution is -2.50. The van der Waals surface area contributed by atoms with Gasteiger partial charge in [0.25, 0.3) is 11.8 Å². The summed E-state index contributed by atoms with van der Waals surface area (Å²) in [4.78, 5) is 30.7. The SMILES string of the molecule is Cc1cc(I)cc(C(=O)NC(C)C)c1NC(=O)c1cc(Cn2cc(C(F)(F)C(F)(F)C(F)(F)F)nn2)nn1-c1ncccc1Cl. The molecule has 0 aliphatic heterocycles. The second-order valence-electron chi connectivity index (χ2n) is 9.92. The molecule has 0 radical (unpaired) electrons. The molecule has 0 atom stereocenters. The van der Waals surface area contributed by atoms with Gasteiger partial charge in [-0.1, -0.05) is 16.8 Å². The Morgan fingerprint density at radius 1 is 1.07 bits per heavy atom. The fourth-order valence-corrected chi connectivity index (χ4v) is 4.97. The Morgan fingerprint density at radius 2 is 1.76 bits per heavy atom. The molecule has 0 spiro atoms. The second-order valence-corrected chi connectivity index (χ2v) is 11.6. The van der Waals surface area contributed by atoms with E-state index in [4.69, 9.17) is 11.6 Å². The van der Waals surface area contributed by atoms with Crippen molar-refractivity contribution in [2.24, 2.45) is 0 Å². The van der Waals surface area contributed by atoms with E-state index in [1.807, 2.05) is 22.6 Å². The van der Waals surface area contributed by atoms with Crippen LogP contribution in [0.4, 0.5) is 36.4 Å². The molecular formula is C26H21ClF7IN8O2. The highest BCUT2D eigenvalue weighted by Crippen LogP contribution is 2.51. The molecule has 4 aromatic rings. The summed E-state index contributed by atoms with van der Waals surface area (Å²) in [5.74, 6) is -13.5. The largest absolute Gasteiger partial charge is 0.460 e. The molecule has 2 amide bonds. The van der Waals surface area contributed by atoms with Crippen LogP contribution >= 0.6 is 34.2 Å². The van der Waals surface area contributed by atoms with Crippen LogP contribution in [0.5, 0.6) is 0 Å². The number of rotatable bonds is 9. The summed E-state index contributed by atoms with van der Waals surface area (Å²) in [5.41, 5.74) is -1.37. The van der Waals surface area contributed by atoms with Gasteiger partial charge in [0.05, 0.1) is 34.7 Å². The van der Waals surface area contributed by atoms with Crippen molar-refractivity contribution in [3.8, 4) is 5.82 Å². The second kappa shape index (κ2) is 12.5. The molecular weight excluding hydrogens is 752 g/mol. The van der Waals surface area contributed by atoms with Crippen molar-refractivity contribution in [1.29, 1.82) is 0 Å². The quantitative estimate of drug-likeness (QED) is 0.156. The molecule has 3 heterocycles. The third-order valence-corrected chi connectivity index (χ3v) is 6.99. The number of aryl methyl sites for hydroxylation is 1. The maximum atomic E-state index is 14.1. The van der Waals surface area contributed by atoms with Crippen molar-refractivity contribution in [3.05, 3.63) is 79.5 Å². The number of halogens is 9. The van der Waals surface area contributed by atoms with Crippen LogP contribution in [0.25, 0.3) is 5.82 Å². The summed E-state index contributed by atoms with van der Waals surface area (Å²) in [6.07, 6.45) is -5.01. The van der Waals surface area contributed by atoms with Crippen LogP contribution in [0.1, 0.15) is 51.6 Å². The maximum Gasteiger partial charge on any atom is 0.460 e. The van der Waals surface area contributed by atoms with Gasteiger partial charge in [-0.15, -0.1) is 5.10 Å². The van der Waals surface area contributed by atoms with E-state index < -0.39 is 42.1 Å². The number of anilines is 1. The Balaban J connectivity index is 1.73. The third-order valence-electron chi connectivity index (χ3n) is 6.07. The zero-order chi connectivity index (χ0) is 33.5. The summed E-state index contributed by atoms with van der Waals surface area (Å²) < 4.78 is 95.5. The van der Waals surface area contributed by atoms with Gasteiger partial charge in [-0.05, 0) is 79.3 Å². The number of benzene rings is 1. The third kappa shape index (κ3) is 6.90. The number of carbonyl (C=O) groups excluding carboxylic acids is 2. The van der Waals surface area contributed by atoms with Gasteiger partial charge in [0.2, 0.25) is 0 Å². The van der Waals surface area contributed by atoms with E-state index in [1.165, 1.54) is 24.4 Å². The van der Waals surface area contributed by atoms with E-state index in [0.29, 0.717) is 10.2 Å². The Bertz CT molecular complexity index is 1760. The number of amides is 2. The highest BCUT2D eigenvalue weighted by atomic mass is 127. The molecule has 0 aliphatic carbocycles. The van der Waals surface area contributed by atoms with Gasteiger partial charge in [-0.2, -0.15) is 35.8 Å². The van der Waals surface area contributed by atoms with Crippen LogP contribution in [0.2, 0.25) is 5.02 Å². The molecule has 240 valence electrons. The molecule has 0 saturated heterocycles. The lowest BCUT2D eigenvalue weighted by Gasteiger charge is -2.26. The van der Waals surface area contributed by atoms with Gasteiger partial charge in [0.15, 0.2) is 11.5 Å². The molecule has 4 rings (SSSR count). The van der Waals surface area contributed by atoms with Gasteiger partial charge in [-0.25, -0.2) is 14.3 Å². The minimum atomic E-state index is -6.56. The van der Waals surface area contributed by atoms with Gasteiger partial charge < -0.3 is 10.6 Å². The molecule has 0 aliphatic rings. The highest BCUT2D eigenvalue weighted by Gasteiger charge is 2.74. The normalized spacial score (nSPS) is 12.5. The number of nitrogens with zero attached hydrogens (tertiary/aromatic N) is 6. The van der Waals surface area contributed by atoms with Gasteiger partial charge in [0.1, 0.15) is 5.69 Å². The number of hydrogen-bond acceptors (Lipinski definition) is 6. The first-order valence-electron chi connectivity index (χ1n) is 12.7. The molecule has 0 saturated carbocycles. The summed E-state index contributed by atoms with van der Waals surface area (Å²) in [6.45, 7) is 4.59. The first kappa shape index (κ1) is 34.1. The number of pyridine rings is 1. The van der Waals surface area contributed by atoms with E-state index >= 15 is 0 Å². The molecule has 0 fully saturated rings. The summed E-state index contributed by atoms with van der Waals surface area (Å²) in [6, 6.07) is 7.18. The van der Waals surface area contributed by atoms with Crippen molar-refractivity contribution < 1.29 is 40.3 Å². The van der Waals surface area contributed by atoms with E-state index in [1.54, 1.807) is 32.9 Å². The Hall–Kier alpha value is -3.81.